The Morgan fingerprint density at radius 2 is 1.77 bits per heavy atom. The first-order valence-corrected chi connectivity index (χ1v) is 9.18. The molecule has 0 radical (unpaired) electrons. The Morgan fingerprint density at radius 3 is 2.54 bits per heavy atom. The zero-order chi connectivity index (χ0) is 18.4. The molecule has 0 aliphatic carbocycles. The fourth-order valence-electron chi connectivity index (χ4n) is 2.27. The molecule has 0 saturated carbocycles. The summed E-state index contributed by atoms with van der Waals surface area (Å²) < 4.78 is 0. The third kappa shape index (κ3) is 4.91. The van der Waals surface area contributed by atoms with Crippen molar-refractivity contribution in [2.45, 2.75) is 13.0 Å². The quantitative estimate of drug-likeness (QED) is 0.675. The summed E-state index contributed by atoms with van der Waals surface area (Å²) >= 11 is 7.36. The zero-order valence-electron chi connectivity index (χ0n) is 13.7. The van der Waals surface area contributed by atoms with Crippen molar-refractivity contribution in [3.05, 3.63) is 81.8 Å². The van der Waals surface area contributed by atoms with Crippen LogP contribution in [-0.4, -0.2) is 16.8 Å². The molecule has 1 aromatic heterocycles. The Morgan fingerprint density at radius 1 is 1.04 bits per heavy atom. The molecule has 2 amide bonds. The molecule has 3 aromatic rings. The van der Waals surface area contributed by atoms with E-state index in [1.54, 1.807) is 35.7 Å². The molecular formula is C19H16ClN3O2S. The highest BCUT2D eigenvalue weighted by Gasteiger charge is 2.11. The topological polar surface area (TPSA) is 71.1 Å². The van der Waals surface area contributed by atoms with E-state index in [4.69, 9.17) is 11.6 Å². The number of nitrogens with one attached hydrogen (secondary N) is 2. The van der Waals surface area contributed by atoms with Crippen LogP contribution in [0.4, 0.5) is 5.13 Å². The van der Waals surface area contributed by atoms with Gasteiger partial charge in [-0.2, -0.15) is 0 Å². The summed E-state index contributed by atoms with van der Waals surface area (Å²) in [6.45, 7) is 0.361. The van der Waals surface area contributed by atoms with Gasteiger partial charge in [0, 0.05) is 22.5 Å². The highest BCUT2D eigenvalue weighted by Crippen LogP contribution is 2.17. The normalized spacial score (nSPS) is 10.3. The molecule has 0 bridgehead atoms. The Bertz CT molecular complexity index is 912. The van der Waals surface area contributed by atoms with Crippen LogP contribution in [0.2, 0.25) is 5.02 Å². The Kier molecular flexibility index (Phi) is 5.99. The van der Waals surface area contributed by atoms with E-state index < -0.39 is 0 Å². The number of rotatable bonds is 6. The highest BCUT2D eigenvalue weighted by molar-refractivity contribution is 7.14. The Labute approximate surface area is 160 Å². The summed E-state index contributed by atoms with van der Waals surface area (Å²) in [6, 6.07) is 16.3. The minimum absolute atomic E-state index is 0.141. The summed E-state index contributed by atoms with van der Waals surface area (Å²) in [7, 11) is 0. The van der Waals surface area contributed by atoms with Crippen LogP contribution in [0.25, 0.3) is 0 Å². The molecule has 3 rings (SSSR count). The molecule has 2 N–H and O–H groups in total. The SMILES string of the molecule is O=C(Cc1csc(NC(=O)c2ccccc2)n1)NCc1ccccc1Cl. The van der Waals surface area contributed by atoms with Gasteiger partial charge in [0.15, 0.2) is 5.13 Å². The predicted octanol–water partition coefficient (Wildman–Crippen LogP) is 3.91. The van der Waals surface area contributed by atoms with Crippen molar-refractivity contribution >= 4 is 39.9 Å². The maximum atomic E-state index is 12.1. The van der Waals surface area contributed by atoms with Crippen molar-refractivity contribution in [1.29, 1.82) is 0 Å². The van der Waals surface area contributed by atoms with Crippen molar-refractivity contribution in [2.24, 2.45) is 0 Å². The Hall–Kier alpha value is -2.70. The van der Waals surface area contributed by atoms with E-state index in [1.165, 1.54) is 11.3 Å². The van der Waals surface area contributed by atoms with Crippen molar-refractivity contribution < 1.29 is 9.59 Å². The molecular weight excluding hydrogens is 370 g/mol. The van der Waals surface area contributed by atoms with Crippen molar-refractivity contribution in [3.63, 3.8) is 0 Å². The molecule has 0 saturated heterocycles. The molecule has 0 fully saturated rings. The van der Waals surface area contributed by atoms with E-state index in [9.17, 15) is 9.59 Å². The van der Waals surface area contributed by atoms with Gasteiger partial charge in [-0.3, -0.25) is 14.9 Å². The van der Waals surface area contributed by atoms with E-state index in [2.05, 4.69) is 15.6 Å². The van der Waals surface area contributed by atoms with Crippen LogP contribution in [-0.2, 0) is 17.8 Å². The third-order valence-corrected chi connectivity index (χ3v) is 4.76. The molecule has 132 valence electrons. The maximum absolute atomic E-state index is 12.1. The fraction of sp³-hybridized carbons (Fsp3) is 0.105. The molecule has 2 aromatic carbocycles. The van der Waals surface area contributed by atoms with Crippen LogP contribution < -0.4 is 10.6 Å². The number of carbonyl (C=O) groups excluding carboxylic acids is 2. The lowest BCUT2D eigenvalue weighted by molar-refractivity contribution is -0.120. The molecule has 26 heavy (non-hydrogen) atoms. The van der Waals surface area contributed by atoms with Gasteiger partial charge >= 0.3 is 0 Å². The lowest BCUT2D eigenvalue weighted by atomic mass is 10.2. The van der Waals surface area contributed by atoms with Crippen LogP contribution in [0.1, 0.15) is 21.6 Å². The summed E-state index contributed by atoms with van der Waals surface area (Å²) in [6.07, 6.45) is 0.141. The molecule has 5 nitrogen and oxygen atoms in total. The summed E-state index contributed by atoms with van der Waals surface area (Å²) in [5.41, 5.74) is 2.02. The van der Waals surface area contributed by atoms with Gasteiger partial charge in [0.25, 0.3) is 5.91 Å². The average molecular weight is 386 g/mol. The second kappa shape index (κ2) is 8.60. The number of carbonyl (C=O) groups is 2. The first kappa shape index (κ1) is 18.1. The van der Waals surface area contributed by atoms with Gasteiger partial charge < -0.3 is 5.32 Å². The largest absolute Gasteiger partial charge is 0.352 e. The van der Waals surface area contributed by atoms with Crippen LogP contribution in [0.3, 0.4) is 0 Å². The van der Waals surface area contributed by atoms with Crippen molar-refractivity contribution in [3.8, 4) is 0 Å². The first-order valence-electron chi connectivity index (χ1n) is 7.93. The minimum Gasteiger partial charge on any atom is -0.352 e. The van der Waals surface area contributed by atoms with Gasteiger partial charge in [0.2, 0.25) is 5.91 Å². The van der Waals surface area contributed by atoms with E-state index in [1.807, 2.05) is 24.3 Å². The molecule has 0 unspecified atom stereocenters. The fourth-order valence-corrected chi connectivity index (χ4v) is 3.17. The van der Waals surface area contributed by atoms with Crippen LogP contribution in [0.15, 0.2) is 60.0 Å². The standard InChI is InChI=1S/C19H16ClN3O2S/c20-16-9-5-4-8-14(16)11-21-17(24)10-15-12-26-19(22-15)23-18(25)13-6-2-1-3-7-13/h1-9,12H,10-11H2,(H,21,24)(H,22,23,25). The third-order valence-electron chi connectivity index (χ3n) is 3.58. The number of anilines is 1. The first-order chi connectivity index (χ1) is 12.6. The highest BCUT2D eigenvalue weighted by atomic mass is 35.5. The number of thiazole rings is 1. The molecule has 0 spiro atoms. The summed E-state index contributed by atoms with van der Waals surface area (Å²) in [5, 5.41) is 8.40. The maximum Gasteiger partial charge on any atom is 0.257 e. The second-order valence-electron chi connectivity index (χ2n) is 5.51. The number of hydrogen-bond donors (Lipinski definition) is 2. The van der Waals surface area contributed by atoms with Crippen molar-refractivity contribution in [1.82, 2.24) is 10.3 Å². The average Bonchev–Trinajstić information content (AvgIpc) is 3.08. The number of amides is 2. The van der Waals surface area contributed by atoms with E-state index in [0.717, 1.165) is 5.56 Å². The number of aromatic nitrogens is 1. The van der Waals surface area contributed by atoms with Gasteiger partial charge in [-0.05, 0) is 23.8 Å². The number of benzene rings is 2. The van der Waals surface area contributed by atoms with E-state index in [-0.39, 0.29) is 18.2 Å². The second-order valence-corrected chi connectivity index (χ2v) is 6.77. The van der Waals surface area contributed by atoms with Crippen molar-refractivity contribution in [2.75, 3.05) is 5.32 Å². The lowest BCUT2D eigenvalue weighted by Crippen LogP contribution is -2.24. The van der Waals surface area contributed by atoms with Gasteiger partial charge in [-0.25, -0.2) is 4.98 Å². The van der Waals surface area contributed by atoms with Gasteiger partial charge in [0.1, 0.15) is 0 Å². The lowest BCUT2D eigenvalue weighted by Gasteiger charge is -2.06. The van der Waals surface area contributed by atoms with Crippen LogP contribution >= 0.6 is 22.9 Å². The molecule has 1 heterocycles. The molecule has 0 aliphatic heterocycles. The molecule has 0 aliphatic rings. The van der Waals surface area contributed by atoms with Crippen LogP contribution in [0, 0.1) is 0 Å². The van der Waals surface area contributed by atoms with Gasteiger partial charge in [0.05, 0.1) is 12.1 Å². The molecule has 7 heteroatoms. The molecule has 0 atom stereocenters. The number of hydrogen-bond acceptors (Lipinski definition) is 4. The Balaban J connectivity index is 1.52. The van der Waals surface area contributed by atoms with Gasteiger partial charge in [-0.1, -0.05) is 48.0 Å². The summed E-state index contributed by atoms with van der Waals surface area (Å²) in [4.78, 5) is 28.5. The van der Waals surface area contributed by atoms with E-state index in [0.29, 0.717) is 28.0 Å². The van der Waals surface area contributed by atoms with E-state index >= 15 is 0 Å². The summed E-state index contributed by atoms with van der Waals surface area (Å²) in [5.74, 6) is -0.383. The van der Waals surface area contributed by atoms with Gasteiger partial charge in [-0.15, -0.1) is 11.3 Å². The smallest absolute Gasteiger partial charge is 0.257 e. The number of halogens is 1. The predicted molar refractivity (Wildman–Crippen MR) is 104 cm³/mol. The number of nitrogens with zero attached hydrogens (tertiary/aromatic N) is 1. The monoisotopic (exact) mass is 385 g/mol. The zero-order valence-corrected chi connectivity index (χ0v) is 15.3. The van der Waals surface area contributed by atoms with Crippen LogP contribution in [0.5, 0.6) is 0 Å². The minimum atomic E-state index is -0.227.